The van der Waals surface area contributed by atoms with Crippen molar-refractivity contribution >= 4 is 21.9 Å². The Labute approximate surface area is 171 Å². The molecule has 0 amide bonds. The molecule has 0 saturated heterocycles. The molecule has 2 atom stereocenters. The van der Waals surface area contributed by atoms with Gasteiger partial charge in [-0.1, -0.05) is 42.0 Å². The van der Waals surface area contributed by atoms with Gasteiger partial charge < -0.3 is 0 Å². The zero-order valence-corrected chi connectivity index (χ0v) is 16.7. The van der Waals surface area contributed by atoms with Gasteiger partial charge in [-0.25, -0.2) is 21.6 Å². The SMILES string of the molecule is Cc1ccc(S(=O)(=O)C(C=C(F)C(F)F)N2Cc3ccccc3C2C(=O)C=O)cc1. The second-order valence-electron chi connectivity index (χ2n) is 6.89. The first-order valence-corrected chi connectivity index (χ1v) is 10.5. The van der Waals surface area contributed by atoms with Gasteiger partial charge >= 0.3 is 0 Å². The maximum atomic E-state index is 13.9. The smallest absolute Gasteiger partial charge is 0.289 e. The van der Waals surface area contributed by atoms with E-state index in [0.29, 0.717) is 17.2 Å². The minimum Gasteiger partial charge on any atom is -0.295 e. The zero-order chi connectivity index (χ0) is 22.1. The number of sulfone groups is 1. The Balaban J connectivity index is 2.17. The molecule has 1 aliphatic heterocycles. The number of Topliss-reactive ketones (excluding diaryl/α,β-unsaturated/α-hetero) is 1. The first kappa shape index (κ1) is 21.9. The summed E-state index contributed by atoms with van der Waals surface area (Å²) in [5, 5.41) is -1.92. The number of nitrogens with zero attached hydrogens (tertiary/aromatic N) is 1. The lowest BCUT2D eigenvalue weighted by molar-refractivity contribution is -0.133. The van der Waals surface area contributed by atoms with Crippen molar-refractivity contribution in [2.75, 3.05) is 0 Å². The van der Waals surface area contributed by atoms with E-state index in [4.69, 9.17) is 0 Å². The van der Waals surface area contributed by atoms with Crippen LogP contribution in [0.1, 0.15) is 22.7 Å². The van der Waals surface area contributed by atoms with Crippen molar-refractivity contribution in [3.05, 3.63) is 77.1 Å². The lowest BCUT2D eigenvalue weighted by atomic mass is 10.0. The third-order valence-corrected chi connectivity index (χ3v) is 6.90. The quantitative estimate of drug-likeness (QED) is 0.490. The molecule has 0 N–H and O–H groups in total. The highest BCUT2D eigenvalue weighted by atomic mass is 32.2. The fourth-order valence-corrected chi connectivity index (χ4v) is 5.13. The summed E-state index contributed by atoms with van der Waals surface area (Å²) in [6, 6.07) is 10.7. The normalized spacial score (nSPS) is 18.3. The first-order chi connectivity index (χ1) is 14.2. The molecule has 30 heavy (non-hydrogen) atoms. The van der Waals surface area contributed by atoms with Crippen LogP contribution in [-0.4, -0.2) is 37.2 Å². The number of aldehydes is 1. The van der Waals surface area contributed by atoms with E-state index in [1.165, 1.54) is 24.3 Å². The van der Waals surface area contributed by atoms with Crippen LogP contribution in [0.15, 0.2) is 65.3 Å². The van der Waals surface area contributed by atoms with E-state index in [-0.39, 0.29) is 17.7 Å². The number of aryl methyl sites for hydroxylation is 1. The van der Waals surface area contributed by atoms with Crippen molar-refractivity contribution < 1.29 is 31.2 Å². The van der Waals surface area contributed by atoms with Gasteiger partial charge in [0.05, 0.1) is 4.90 Å². The summed E-state index contributed by atoms with van der Waals surface area (Å²) < 4.78 is 66.4. The molecule has 0 saturated carbocycles. The van der Waals surface area contributed by atoms with Crippen molar-refractivity contribution in [3.8, 4) is 0 Å². The van der Waals surface area contributed by atoms with Gasteiger partial charge in [0.2, 0.25) is 5.78 Å². The van der Waals surface area contributed by atoms with Crippen molar-refractivity contribution in [1.82, 2.24) is 4.90 Å². The number of alkyl halides is 2. The Kier molecular flexibility index (Phi) is 6.23. The fourth-order valence-electron chi connectivity index (χ4n) is 3.47. The van der Waals surface area contributed by atoms with Gasteiger partial charge in [-0.2, -0.15) is 0 Å². The first-order valence-electron chi connectivity index (χ1n) is 8.95. The lowest BCUT2D eigenvalue weighted by Crippen LogP contribution is -2.42. The molecular formula is C21H18F3NO4S. The van der Waals surface area contributed by atoms with Crippen molar-refractivity contribution in [1.29, 1.82) is 0 Å². The lowest BCUT2D eigenvalue weighted by Gasteiger charge is -2.29. The number of fused-ring (bicyclic) bond motifs is 1. The van der Waals surface area contributed by atoms with Crippen molar-refractivity contribution in [3.63, 3.8) is 0 Å². The summed E-state index contributed by atoms with van der Waals surface area (Å²) in [7, 11) is -4.41. The Morgan fingerprint density at radius 1 is 1.13 bits per heavy atom. The Hall–Kier alpha value is -2.78. The maximum absolute atomic E-state index is 13.9. The molecule has 2 unspecified atom stereocenters. The third kappa shape index (κ3) is 4.08. The van der Waals surface area contributed by atoms with Crippen LogP contribution in [-0.2, 0) is 26.0 Å². The molecule has 9 heteroatoms. The maximum Gasteiger partial charge on any atom is 0.289 e. The molecule has 5 nitrogen and oxygen atoms in total. The molecular weight excluding hydrogens is 419 g/mol. The van der Waals surface area contributed by atoms with Crippen LogP contribution in [0.3, 0.4) is 0 Å². The Morgan fingerprint density at radius 3 is 2.37 bits per heavy atom. The Morgan fingerprint density at radius 2 is 1.77 bits per heavy atom. The molecule has 2 aromatic rings. The van der Waals surface area contributed by atoms with E-state index in [1.807, 2.05) is 0 Å². The highest BCUT2D eigenvalue weighted by molar-refractivity contribution is 7.92. The number of hydrogen-bond donors (Lipinski definition) is 0. The van der Waals surface area contributed by atoms with Crippen LogP contribution >= 0.6 is 0 Å². The standard InChI is InChI=1S/C21H18F3NO4S/c1-13-6-8-15(9-7-13)30(28,29)19(10-17(22)21(23)24)25-11-14-4-2-3-5-16(14)20(25)18(27)12-26/h2-10,12,19-21H,11H2,1H3. The zero-order valence-electron chi connectivity index (χ0n) is 15.8. The van der Waals surface area contributed by atoms with E-state index >= 15 is 0 Å². The molecule has 3 rings (SSSR count). The minimum absolute atomic E-state index is 0.0442. The van der Waals surface area contributed by atoms with Crippen LogP contribution in [0.5, 0.6) is 0 Å². The molecule has 158 valence electrons. The van der Waals surface area contributed by atoms with Crippen LogP contribution in [0, 0.1) is 6.92 Å². The largest absolute Gasteiger partial charge is 0.295 e. The number of hydrogen-bond acceptors (Lipinski definition) is 5. The average Bonchev–Trinajstić information content (AvgIpc) is 3.10. The van der Waals surface area contributed by atoms with Gasteiger partial charge in [0, 0.05) is 6.54 Å². The number of carbonyl (C=O) groups excluding carboxylic acids is 2. The monoisotopic (exact) mass is 437 g/mol. The van der Waals surface area contributed by atoms with Crippen LogP contribution in [0.2, 0.25) is 0 Å². The van der Waals surface area contributed by atoms with E-state index in [2.05, 4.69) is 0 Å². The van der Waals surface area contributed by atoms with Crippen LogP contribution < -0.4 is 0 Å². The fraction of sp³-hybridized carbons (Fsp3) is 0.238. The molecule has 0 bridgehead atoms. The van der Waals surface area contributed by atoms with Gasteiger partial charge in [-0.3, -0.25) is 14.5 Å². The molecule has 0 radical (unpaired) electrons. The highest BCUT2D eigenvalue weighted by Crippen LogP contribution is 2.39. The summed E-state index contributed by atoms with van der Waals surface area (Å²) in [6.07, 6.45) is -3.18. The second-order valence-corrected chi connectivity index (χ2v) is 8.94. The summed E-state index contributed by atoms with van der Waals surface area (Å²) >= 11 is 0. The molecule has 0 aromatic heterocycles. The number of ketones is 1. The predicted octanol–water partition coefficient (Wildman–Crippen LogP) is 3.54. The predicted molar refractivity (Wildman–Crippen MR) is 103 cm³/mol. The molecule has 2 aromatic carbocycles. The number of halogens is 3. The summed E-state index contributed by atoms with van der Waals surface area (Å²) in [4.78, 5) is 24.4. The topological polar surface area (TPSA) is 71.5 Å². The average molecular weight is 437 g/mol. The number of carbonyl (C=O) groups is 2. The number of benzene rings is 2. The van der Waals surface area contributed by atoms with Gasteiger partial charge in [0.1, 0.15) is 11.4 Å². The van der Waals surface area contributed by atoms with E-state index in [9.17, 15) is 31.2 Å². The minimum atomic E-state index is -4.41. The molecule has 1 heterocycles. The molecule has 0 fully saturated rings. The summed E-state index contributed by atoms with van der Waals surface area (Å²) in [5.41, 5.74) is 1.69. The number of allylic oxidation sites excluding steroid dienone is 1. The van der Waals surface area contributed by atoms with Gasteiger partial charge in [-0.15, -0.1) is 0 Å². The van der Waals surface area contributed by atoms with Crippen LogP contribution in [0.4, 0.5) is 13.2 Å². The van der Waals surface area contributed by atoms with Gasteiger partial charge in [0.15, 0.2) is 22.0 Å². The third-order valence-electron chi connectivity index (χ3n) is 4.92. The van der Waals surface area contributed by atoms with Gasteiger partial charge in [-0.05, 0) is 36.3 Å². The van der Waals surface area contributed by atoms with Crippen molar-refractivity contribution in [2.24, 2.45) is 0 Å². The van der Waals surface area contributed by atoms with Crippen LogP contribution in [0.25, 0.3) is 0 Å². The van der Waals surface area contributed by atoms with Gasteiger partial charge in [0.25, 0.3) is 6.43 Å². The molecule has 0 spiro atoms. The second kappa shape index (κ2) is 8.53. The summed E-state index contributed by atoms with van der Waals surface area (Å²) in [5.74, 6) is -2.88. The summed E-state index contributed by atoms with van der Waals surface area (Å²) in [6.45, 7) is 1.60. The Bertz CT molecular complexity index is 1100. The van der Waals surface area contributed by atoms with E-state index in [0.717, 1.165) is 10.5 Å². The highest BCUT2D eigenvalue weighted by Gasteiger charge is 2.44. The van der Waals surface area contributed by atoms with E-state index < -0.39 is 39.3 Å². The van der Waals surface area contributed by atoms with E-state index in [1.54, 1.807) is 31.2 Å². The molecule has 1 aliphatic rings. The molecule has 0 aliphatic carbocycles. The number of rotatable bonds is 7. The van der Waals surface area contributed by atoms with Crippen molar-refractivity contribution in [2.45, 2.75) is 36.2 Å².